The Kier molecular flexibility index (Phi) is 5.90. The number of rotatable bonds is 1. The summed E-state index contributed by atoms with van der Waals surface area (Å²) in [7, 11) is 0. The molecule has 0 radical (unpaired) electrons. The zero-order valence-electron chi connectivity index (χ0n) is 9.95. The molecule has 0 amide bonds. The lowest BCUT2D eigenvalue weighted by Gasteiger charge is -2.20. The highest BCUT2D eigenvalue weighted by molar-refractivity contribution is 5.24. The SMILES string of the molecule is Cc1ccc(O)cc1.NCC1CCNCC1. The molecule has 1 aliphatic heterocycles. The van der Waals surface area contributed by atoms with Crippen LogP contribution in [0.4, 0.5) is 0 Å². The molecule has 0 aromatic heterocycles. The highest BCUT2D eigenvalue weighted by atomic mass is 16.3. The predicted octanol–water partition coefficient (Wildman–Crippen LogP) is 1.65. The summed E-state index contributed by atoms with van der Waals surface area (Å²) >= 11 is 0. The molecular weight excluding hydrogens is 200 g/mol. The number of hydrogen-bond donors (Lipinski definition) is 3. The third-order valence-electron chi connectivity index (χ3n) is 2.83. The molecule has 0 bridgehead atoms. The van der Waals surface area contributed by atoms with E-state index in [4.69, 9.17) is 10.8 Å². The molecule has 90 valence electrons. The maximum atomic E-state index is 8.76. The Morgan fingerprint density at radius 1 is 1.25 bits per heavy atom. The first-order chi connectivity index (χ1) is 7.72. The number of hydrogen-bond acceptors (Lipinski definition) is 3. The highest BCUT2D eigenvalue weighted by Gasteiger charge is 2.09. The van der Waals surface area contributed by atoms with Crippen molar-refractivity contribution >= 4 is 0 Å². The first-order valence-corrected chi connectivity index (χ1v) is 5.89. The van der Waals surface area contributed by atoms with Gasteiger partial charge in [-0.05, 0) is 57.5 Å². The molecule has 3 nitrogen and oxygen atoms in total. The second-order valence-corrected chi connectivity index (χ2v) is 4.26. The lowest BCUT2D eigenvalue weighted by molar-refractivity contribution is 0.382. The third kappa shape index (κ3) is 5.14. The van der Waals surface area contributed by atoms with E-state index >= 15 is 0 Å². The van der Waals surface area contributed by atoms with Gasteiger partial charge in [0.1, 0.15) is 5.75 Å². The van der Waals surface area contributed by atoms with E-state index in [1.54, 1.807) is 12.1 Å². The summed E-state index contributed by atoms with van der Waals surface area (Å²) in [5, 5.41) is 12.1. The van der Waals surface area contributed by atoms with Gasteiger partial charge in [-0.1, -0.05) is 17.7 Å². The van der Waals surface area contributed by atoms with Crippen molar-refractivity contribution in [2.75, 3.05) is 19.6 Å². The van der Waals surface area contributed by atoms with Crippen molar-refractivity contribution in [2.24, 2.45) is 11.7 Å². The minimum atomic E-state index is 0.329. The molecule has 4 N–H and O–H groups in total. The van der Waals surface area contributed by atoms with E-state index in [1.807, 2.05) is 19.1 Å². The average molecular weight is 222 g/mol. The van der Waals surface area contributed by atoms with Crippen molar-refractivity contribution in [3.05, 3.63) is 29.8 Å². The van der Waals surface area contributed by atoms with E-state index < -0.39 is 0 Å². The summed E-state index contributed by atoms with van der Waals surface area (Å²) in [6, 6.07) is 7.09. The van der Waals surface area contributed by atoms with Crippen LogP contribution in [-0.2, 0) is 0 Å². The topological polar surface area (TPSA) is 58.3 Å². The average Bonchev–Trinajstić information content (AvgIpc) is 2.35. The fraction of sp³-hybridized carbons (Fsp3) is 0.538. The van der Waals surface area contributed by atoms with E-state index in [2.05, 4.69) is 5.32 Å². The van der Waals surface area contributed by atoms with E-state index in [9.17, 15) is 0 Å². The number of aromatic hydroxyl groups is 1. The van der Waals surface area contributed by atoms with Gasteiger partial charge in [-0.15, -0.1) is 0 Å². The van der Waals surface area contributed by atoms with E-state index in [1.165, 1.54) is 31.5 Å². The first kappa shape index (κ1) is 13.0. The minimum absolute atomic E-state index is 0.329. The summed E-state index contributed by atoms with van der Waals surface area (Å²) in [6.45, 7) is 5.20. The Balaban J connectivity index is 0.000000160. The van der Waals surface area contributed by atoms with Crippen LogP contribution in [-0.4, -0.2) is 24.7 Å². The van der Waals surface area contributed by atoms with Crippen LogP contribution < -0.4 is 11.1 Å². The van der Waals surface area contributed by atoms with E-state index in [0.717, 1.165) is 12.5 Å². The molecular formula is C13H22N2O. The van der Waals surface area contributed by atoms with Crippen molar-refractivity contribution < 1.29 is 5.11 Å². The van der Waals surface area contributed by atoms with Gasteiger partial charge in [0.05, 0.1) is 0 Å². The number of nitrogens with two attached hydrogens (primary N) is 1. The molecule has 0 aliphatic carbocycles. The largest absolute Gasteiger partial charge is 0.508 e. The molecule has 16 heavy (non-hydrogen) atoms. The Morgan fingerprint density at radius 2 is 1.81 bits per heavy atom. The molecule has 1 aliphatic rings. The summed E-state index contributed by atoms with van der Waals surface area (Å²) < 4.78 is 0. The molecule has 1 saturated heterocycles. The molecule has 2 rings (SSSR count). The van der Waals surface area contributed by atoms with Gasteiger partial charge in [0.2, 0.25) is 0 Å². The van der Waals surface area contributed by atoms with Gasteiger partial charge < -0.3 is 16.2 Å². The van der Waals surface area contributed by atoms with Crippen LogP contribution in [0.15, 0.2) is 24.3 Å². The van der Waals surface area contributed by atoms with Crippen LogP contribution >= 0.6 is 0 Å². The van der Waals surface area contributed by atoms with Crippen molar-refractivity contribution in [3.8, 4) is 5.75 Å². The number of nitrogens with one attached hydrogen (secondary N) is 1. The van der Waals surface area contributed by atoms with Crippen molar-refractivity contribution in [1.82, 2.24) is 5.32 Å². The van der Waals surface area contributed by atoms with Gasteiger partial charge in [0.15, 0.2) is 0 Å². The summed E-state index contributed by atoms with van der Waals surface area (Å²) in [6.07, 6.45) is 2.55. The fourth-order valence-corrected chi connectivity index (χ4v) is 1.66. The van der Waals surface area contributed by atoms with Crippen LogP contribution in [0, 0.1) is 12.8 Å². The van der Waals surface area contributed by atoms with Crippen LogP contribution in [0.5, 0.6) is 5.75 Å². The second kappa shape index (κ2) is 7.25. The normalized spacial score (nSPS) is 16.4. The predicted molar refractivity (Wildman–Crippen MR) is 67.5 cm³/mol. The zero-order valence-corrected chi connectivity index (χ0v) is 9.95. The van der Waals surface area contributed by atoms with Gasteiger partial charge in [0, 0.05) is 0 Å². The molecule has 0 spiro atoms. The Bertz CT molecular complexity index is 257. The van der Waals surface area contributed by atoms with Crippen LogP contribution in [0.3, 0.4) is 0 Å². The molecule has 3 heteroatoms. The van der Waals surface area contributed by atoms with Crippen LogP contribution in [0.2, 0.25) is 0 Å². The van der Waals surface area contributed by atoms with Crippen LogP contribution in [0.1, 0.15) is 18.4 Å². The number of phenolic OH excluding ortho intramolecular Hbond substituents is 1. The fourth-order valence-electron chi connectivity index (χ4n) is 1.66. The van der Waals surface area contributed by atoms with Gasteiger partial charge in [0.25, 0.3) is 0 Å². The molecule has 1 aromatic rings. The quantitative estimate of drug-likeness (QED) is 0.677. The van der Waals surface area contributed by atoms with Gasteiger partial charge in [-0.25, -0.2) is 0 Å². The van der Waals surface area contributed by atoms with Crippen molar-refractivity contribution in [3.63, 3.8) is 0 Å². The molecule has 0 unspecified atom stereocenters. The van der Waals surface area contributed by atoms with Crippen molar-refractivity contribution in [1.29, 1.82) is 0 Å². The molecule has 1 aromatic carbocycles. The summed E-state index contributed by atoms with van der Waals surface area (Å²) in [4.78, 5) is 0. The molecule has 0 atom stereocenters. The highest BCUT2D eigenvalue weighted by Crippen LogP contribution is 2.08. The second-order valence-electron chi connectivity index (χ2n) is 4.26. The van der Waals surface area contributed by atoms with Gasteiger partial charge in [-0.3, -0.25) is 0 Å². The van der Waals surface area contributed by atoms with Crippen molar-refractivity contribution in [2.45, 2.75) is 19.8 Å². The van der Waals surface area contributed by atoms with Crippen LogP contribution in [0.25, 0.3) is 0 Å². The number of aryl methyl sites for hydroxylation is 1. The number of phenols is 1. The Morgan fingerprint density at radius 3 is 2.19 bits per heavy atom. The summed E-state index contributed by atoms with van der Waals surface area (Å²) in [5.41, 5.74) is 6.64. The van der Waals surface area contributed by atoms with E-state index in [-0.39, 0.29) is 0 Å². The van der Waals surface area contributed by atoms with E-state index in [0.29, 0.717) is 5.75 Å². The Hall–Kier alpha value is -1.06. The maximum absolute atomic E-state index is 8.76. The number of piperidine rings is 1. The van der Waals surface area contributed by atoms with Gasteiger partial charge in [-0.2, -0.15) is 0 Å². The maximum Gasteiger partial charge on any atom is 0.115 e. The lowest BCUT2D eigenvalue weighted by Crippen LogP contribution is -2.31. The molecule has 1 fully saturated rings. The lowest BCUT2D eigenvalue weighted by atomic mass is 9.99. The summed E-state index contributed by atoms with van der Waals surface area (Å²) in [5.74, 6) is 1.13. The smallest absolute Gasteiger partial charge is 0.115 e. The van der Waals surface area contributed by atoms with Gasteiger partial charge >= 0.3 is 0 Å². The molecule has 1 heterocycles. The first-order valence-electron chi connectivity index (χ1n) is 5.89. The minimum Gasteiger partial charge on any atom is -0.508 e. The molecule has 0 saturated carbocycles. The Labute approximate surface area is 97.7 Å². The third-order valence-corrected chi connectivity index (χ3v) is 2.83. The monoisotopic (exact) mass is 222 g/mol. The standard InChI is InChI=1S/C7H8O.C6H14N2/c1-6-2-4-7(8)5-3-6;7-5-6-1-3-8-4-2-6/h2-5,8H,1H3;6,8H,1-5,7H2. The number of benzene rings is 1. The zero-order chi connectivity index (χ0) is 11.8.